The number of hydrogen-bond donors (Lipinski definition) is 7. The van der Waals surface area contributed by atoms with Crippen LogP contribution in [-0.4, -0.2) is 180 Å². The number of amides is 6. The summed E-state index contributed by atoms with van der Waals surface area (Å²) in [5.74, 6) is -1.87. The van der Waals surface area contributed by atoms with Crippen LogP contribution in [-0.2, 0) is 28.6 Å². The number of aromatic carboxylic acids is 1. The molecule has 6 atom stereocenters. The molecule has 22 nitrogen and oxygen atoms in total. The average Bonchev–Trinajstić information content (AvgIpc) is 3.97. The normalized spacial score (nSPS) is 19.3. The second-order valence-electron chi connectivity index (χ2n) is 19.3. The highest BCUT2D eigenvalue weighted by Crippen LogP contribution is 2.47. The van der Waals surface area contributed by atoms with Gasteiger partial charge in [-0.1, -0.05) is 18.0 Å². The number of ether oxygens (including phenoxy) is 4. The lowest BCUT2D eigenvalue weighted by Crippen LogP contribution is -2.49. The minimum Gasteiger partial charge on any atom is -0.482 e. The van der Waals surface area contributed by atoms with Gasteiger partial charge in [0.25, 0.3) is 5.91 Å². The first-order chi connectivity index (χ1) is 36.7. The van der Waals surface area contributed by atoms with Crippen molar-refractivity contribution in [3.8, 4) is 5.75 Å². The second kappa shape index (κ2) is 30.2. The second-order valence-corrected chi connectivity index (χ2v) is 20.6. The van der Waals surface area contributed by atoms with Crippen molar-refractivity contribution in [1.29, 1.82) is 0 Å². The van der Waals surface area contributed by atoms with Gasteiger partial charge in [0.2, 0.25) is 17.7 Å². The number of carboxylic acid groups (broad SMARTS) is 1. The summed E-state index contributed by atoms with van der Waals surface area (Å²) >= 11 is 1.88. The molecular formula is C53H74N11O11S+. The van der Waals surface area contributed by atoms with Crippen molar-refractivity contribution in [2.24, 2.45) is 5.11 Å². The predicted molar refractivity (Wildman–Crippen MR) is 289 cm³/mol. The van der Waals surface area contributed by atoms with Crippen molar-refractivity contribution >= 4 is 58.8 Å². The number of nitrogens with one attached hydrogen (secondary N) is 6. The zero-order valence-corrected chi connectivity index (χ0v) is 44.8. The smallest absolute Gasteiger partial charge is 0.335 e. The van der Waals surface area contributed by atoms with Gasteiger partial charge in [0.1, 0.15) is 32.0 Å². The highest BCUT2D eigenvalue weighted by atomic mass is 32.2. The van der Waals surface area contributed by atoms with Crippen LogP contribution in [0, 0.1) is 0 Å². The Morgan fingerprint density at radius 3 is 2.32 bits per heavy atom. The zero-order valence-electron chi connectivity index (χ0n) is 44.0. The van der Waals surface area contributed by atoms with Crippen LogP contribution in [0.1, 0.15) is 95.5 Å². The molecule has 3 heterocycles. The summed E-state index contributed by atoms with van der Waals surface area (Å²) in [4.78, 5) is 81.8. The molecular weight excluding hydrogens is 999 g/mol. The van der Waals surface area contributed by atoms with Gasteiger partial charge in [-0.3, -0.25) is 19.2 Å². The fourth-order valence-corrected chi connectivity index (χ4v) is 10.9. The number of rotatable bonds is 32. The minimum atomic E-state index is -1.17. The number of carboxylic acids is 1. The van der Waals surface area contributed by atoms with E-state index in [1.165, 1.54) is 12.1 Å². The van der Waals surface area contributed by atoms with Crippen LogP contribution in [0.5, 0.6) is 5.75 Å². The van der Waals surface area contributed by atoms with E-state index in [1.54, 1.807) is 6.07 Å². The molecule has 2 aromatic carbocycles. The number of nitrogens with zero attached hydrogens (tertiary/aromatic N) is 5. The van der Waals surface area contributed by atoms with Gasteiger partial charge in [0.05, 0.1) is 50.6 Å². The molecule has 3 aliphatic heterocycles. The first-order valence-electron chi connectivity index (χ1n) is 26.1. The molecule has 2 fully saturated rings. The Bertz CT molecular complexity index is 2510. The van der Waals surface area contributed by atoms with Crippen molar-refractivity contribution in [1.82, 2.24) is 31.9 Å². The lowest BCUT2D eigenvalue weighted by Gasteiger charge is -2.36. The van der Waals surface area contributed by atoms with E-state index >= 15 is 0 Å². The molecule has 7 N–H and O–H groups in total. The van der Waals surface area contributed by atoms with Gasteiger partial charge in [-0.25, -0.2) is 14.2 Å². The molecule has 412 valence electrons. The maximum absolute atomic E-state index is 14.1. The predicted octanol–water partition coefficient (Wildman–Crippen LogP) is 4.04. The first kappa shape index (κ1) is 58.6. The summed E-state index contributed by atoms with van der Waals surface area (Å²) in [6.07, 6.45) is 10.9. The molecule has 4 aliphatic rings. The number of benzene rings is 2. The number of urea groups is 1. The third-order valence-electron chi connectivity index (χ3n) is 13.4. The zero-order chi connectivity index (χ0) is 54.4. The Balaban J connectivity index is 0.885. The molecule has 76 heavy (non-hydrogen) atoms. The van der Waals surface area contributed by atoms with Crippen LogP contribution >= 0.6 is 11.8 Å². The third-order valence-corrected chi connectivity index (χ3v) is 14.9. The highest BCUT2D eigenvalue weighted by molar-refractivity contribution is 8.00. The first-order valence-corrected chi connectivity index (χ1v) is 27.1. The van der Waals surface area contributed by atoms with E-state index in [0.717, 1.165) is 47.6 Å². The molecule has 0 bridgehead atoms. The Morgan fingerprint density at radius 2 is 1.62 bits per heavy atom. The number of unbranched alkanes of at least 4 members (excludes halogenated alkanes) is 2. The lowest BCUT2D eigenvalue weighted by atomic mass is 9.76. The number of thioether (sulfide) groups is 1. The number of allylic oxidation sites excluding steroid dienone is 2. The largest absolute Gasteiger partial charge is 0.482 e. The van der Waals surface area contributed by atoms with Crippen LogP contribution in [0.4, 0.5) is 10.5 Å². The maximum atomic E-state index is 14.1. The van der Waals surface area contributed by atoms with Gasteiger partial charge >= 0.3 is 12.0 Å². The molecule has 2 saturated heterocycles. The topological polar surface area (TPSA) is 287 Å². The van der Waals surface area contributed by atoms with E-state index in [-0.39, 0.29) is 54.7 Å². The number of azide groups is 1. The SMILES string of the molecule is CN(C)c1ccc2c(c1)C(c1cc(C(=O)N[C@@H](CCCCN=[N+]=[N-])C(=O)NCC(=O)NCCCOCCOCCOCCCNC(=O)CCCC[C@@H]3SC[C@@H]4NC(=O)N[C@@H]43)ccc1C(=O)O)C1=CC(=[N+](C)C)C=CC1O2. The summed E-state index contributed by atoms with van der Waals surface area (Å²) in [5, 5.41) is 31.6. The third kappa shape index (κ3) is 17.5. The summed E-state index contributed by atoms with van der Waals surface area (Å²) in [7, 11) is 7.64. The Labute approximate surface area is 448 Å². The Hall–Kier alpha value is -6.65. The van der Waals surface area contributed by atoms with Crippen molar-refractivity contribution in [2.75, 3.05) is 105 Å². The Morgan fingerprint density at radius 1 is 0.895 bits per heavy atom. The Kier molecular flexibility index (Phi) is 23.3. The van der Waals surface area contributed by atoms with Crippen LogP contribution in [0.3, 0.4) is 0 Å². The molecule has 0 aromatic heterocycles. The molecule has 6 amide bonds. The lowest BCUT2D eigenvalue weighted by molar-refractivity contribution is -0.462. The average molecular weight is 1070 g/mol. The molecule has 23 heteroatoms. The quantitative estimate of drug-likeness (QED) is 0.0136. The summed E-state index contributed by atoms with van der Waals surface area (Å²) in [6.45, 7) is 3.13. The van der Waals surface area contributed by atoms with Gasteiger partial charge in [-0.05, 0) is 97.7 Å². The fraction of sp³-hybridized carbons (Fsp3) is 0.566. The van der Waals surface area contributed by atoms with E-state index in [4.69, 9.17) is 24.5 Å². The number of carbonyl (C=O) groups excluding carboxylic acids is 5. The molecule has 6 rings (SSSR count). The minimum absolute atomic E-state index is 0.00550. The van der Waals surface area contributed by atoms with Crippen molar-refractivity contribution < 1.29 is 57.4 Å². The van der Waals surface area contributed by atoms with Gasteiger partial charge in [0.15, 0.2) is 5.71 Å². The summed E-state index contributed by atoms with van der Waals surface area (Å²) in [6, 6.07) is 9.39. The molecule has 0 spiro atoms. The number of anilines is 1. The maximum Gasteiger partial charge on any atom is 0.335 e. The van der Waals surface area contributed by atoms with Gasteiger partial charge in [-0.2, -0.15) is 11.8 Å². The van der Waals surface area contributed by atoms with Gasteiger partial charge in [-0.15, -0.1) is 0 Å². The van der Waals surface area contributed by atoms with Gasteiger partial charge in [0, 0.05) is 104 Å². The molecule has 2 aromatic rings. The van der Waals surface area contributed by atoms with Crippen LogP contribution in [0.25, 0.3) is 10.4 Å². The highest BCUT2D eigenvalue weighted by Gasteiger charge is 2.43. The monoisotopic (exact) mass is 1070 g/mol. The van der Waals surface area contributed by atoms with Crippen molar-refractivity contribution in [3.05, 3.63) is 92.9 Å². The number of hydrogen-bond acceptors (Lipinski definition) is 13. The summed E-state index contributed by atoms with van der Waals surface area (Å²) in [5.41, 5.74) is 12.5. The molecule has 1 aliphatic carbocycles. The van der Waals surface area contributed by atoms with Crippen molar-refractivity contribution in [3.63, 3.8) is 0 Å². The fourth-order valence-electron chi connectivity index (χ4n) is 9.33. The van der Waals surface area contributed by atoms with E-state index in [9.17, 15) is 33.9 Å². The van der Waals surface area contributed by atoms with Crippen molar-refractivity contribution in [2.45, 2.75) is 93.2 Å². The standard InChI is InChI=1S/C53H73N11O11S/c1-63(2)35-15-18-43-39(30-35)48(40-31-36(64(3)4)16-19-44(40)75-43)38-29-34(14-17-37(38)52(69)70)50(67)59-41(11-7-8-22-58-62-54)51(68)57-32-47(66)56-21-10-24-73-26-28-74-27-25-72-23-9-20-55-46(65)13-6-5-12-45-49-42(33-76-45)60-53(71)61-49/h14-19,29-31,41-43,45,48-49H,5-13,20-28,32-33H2,1-4H3,(H6-,55,56,57,59,60,61,65,66,67,68,69,70,71)/p+1/t41-,42-,43?,45-,48?,49-/m0/s1. The molecule has 0 radical (unpaired) electrons. The van der Waals surface area contributed by atoms with E-state index in [1.807, 2.05) is 85.9 Å². The number of fused-ring (bicyclic) bond motifs is 3. The summed E-state index contributed by atoms with van der Waals surface area (Å²) < 4.78 is 25.2. The molecule has 2 unspecified atom stereocenters. The number of carbonyl (C=O) groups is 6. The van der Waals surface area contributed by atoms with Crippen LogP contribution in [0.2, 0.25) is 0 Å². The van der Waals surface area contributed by atoms with E-state index < -0.39 is 41.8 Å². The van der Waals surface area contributed by atoms with Gasteiger partial charge < -0.3 is 60.9 Å². The van der Waals surface area contributed by atoms with E-state index in [0.29, 0.717) is 101 Å². The van der Waals surface area contributed by atoms with Crippen LogP contribution < -0.4 is 41.5 Å². The molecule has 0 saturated carbocycles. The van der Waals surface area contributed by atoms with E-state index in [2.05, 4.69) is 41.9 Å². The van der Waals surface area contributed by atoms with Crippen LogP contribution in [0.15, 0.2) is 65.3 Å².